The van der Waals surface area contributed by atoms with E-state index in [1.54, 1.807) is 56.3 Å². The van der Waals surface area contributed by atoms with Crippen molar-refractivity contribution in [3.8, 4) is 29.1 Å². The molecule has 0 saturated heterocycles. The molecule has 0 fully saturated rings. The molecule has 0 heterocycles. The quantitative estimate of drug-likeness (QED) is 0.0983. The van der Waals surface area contributed by atoms with Gasteiger partial charge in [0.15, 0.2) is 0 Å². The van der Waals surface area contributed by atoms with Crippen molar-refractivity contribution in [3.05, 3.63) is 101 Å². The Balaban J connectivity index is 1.48. The Hall–Kier alpha value is -4.83. The molecule has 200 valence electrons. The number of benzene rings is 3. The molecular formula is C32H30O7. The molecule has 0 bridgehead atoms. The van der Waals surface area contributed by atoms with Crippen LogP contribution in [0.4, 0.5) is 0 Å². The molecule has 0 saturated carbocycles. The minimum atomic E-state index is -0.533. The lowest BCUT2D eigenvalue weighted by atomic mass is 10.1. The topological polar surface area (TPSA) is 88.1 Å². The summed E-state index contributed by atoms with van der Waals surface area (Å²) in [4.78, 5) is 36.4. The maximum absolute atomic E-state index is 12.6. The van der Waals surface area contributed by atoms with Crippen molar-refractivity contribution in [3.63, 3.8) is 0 Å². The molecule has 0 amide bonds. The Bertz CT molecular complexity index is 1390. The van der Waals surface area contributed by atoms with Crippen molar-refractivity contribution in [2.24, 2.45) is 0 Å². The first-order valence-corrected chi connectivity index (χ1v) is 12.4. The van der Waals surface area contributed by atoms with Gasteiger partial charge in [0.05, 0.1) is 24.3 Å². The fourth-order valence-corrected chi connectivity index (χ4v) is 3.35. The predicted molar refractivity (Wildman–Crippen MR) is 147 cm³/mol. The van der Waals surface area contributed by atoms with Gasteiger partial charge in [-0.05, 0) is 106 Å². The molecule has 0 aliphatic heterocycles. The van der Waals surface area contributed by atoms with Crippen LogP contribution in [-0.2, 0) is 9.53 Å². The average Bonchev–Trinajstić information content (AvgIpc) is 2.92. The van der Waals surface area contributed by atoms with E-state index in [-0.39, 0.29) is 0 Å². The van der Waals surface area contributed by atoms with E-state index >= 15 is 0 Å². The van der Waals surface area contributed by atoms with Crippen molar-refractivity contribution in [1.82, 2.24) is 0 Å². The Kier molecular flexibility index (Phi) is 10.5. The molecule has 7 heteroatoms. The smallest absolute Gasteiger partial charge is 0.343 e. The molecule has 0 atom stereocenters. The third kappa shape index (κ3) is 8.90. The van der Waals surface area contributed by atoms with Crippen LogP contribution in [0.25, 0.3) is 0 Å². The van der Waals surface area contributed by atoms with Crippen molar-refractivity contribution in [2.45, 2.75) is 33.6 Å². The first-order chi connectivity index (χ1) is 18.8. The highest BCUT2D eigenvalue weighted by atomic mass is 16.5. The van der Waals surface area contributed by atoms with Crippen molar-refractivity contribution in [1.29, 1.82) is 0 Å². The molecule has 0 radical (unpaired) electrons. The lowest BCUT2D eigenvalue weighted by Crippen LogP contribution is -2.11. The van der Waals surface area contributed by atoms with Crippen LogP contribution in [0.3, 0.4) is 0 Å². The fourth-order valence-electron chi connectivity index (χ4n) is 3.35. The van der Waals surface area contributed by atoms with Crippen LogP contribution in [0.1, 0.15) is 58.5 Å². The summed E-state index contributed by atoms with van der Waals surface area (Å²) >= 11 is 0. The van der Waals surface area contributed by atoms with Gasteiger partial charge in [-0.1, -0.05) is 12.5 Å². The van der Waals surface area contributed by atoms with Gasteiger partial charge in [0.25, 0.3) is 0 Å². The first kappa shape index (κ1) is 28.7. The molecular weight excluding hydrogens is 496 g/mol. The minimum Gasteiger partial charge on any atom is -0.493 e. The Morgan fingerprint density at radius 3 is 1.95 bits per heavy atom. The Morgan fingerprint density at radius 1 is 0.795 bits per heavy atom. The summed E-state index contributed by atoms with van der Waals surface area (Å²) in [5, 5.41) is 0. The molecule has 0 aromatic heterocycles. The van der Waals surface area contributed by atoms with Crippen LogP contribution in [0, 0.1) is 18.8 Å². The first-order valence-electron chi connectivity index (χ1n) is 12.4. The zero-order valence-corrected chi connectivity index (χ0v) is 22.2. The highest BCUT2D eigenvalue weighted by Gasteiger charge is 2.13. The second-order valence-electron chi connectivity index (χ2n) is 8.65. The second kappa shape index (κ2) is 14.2. The highest BCUT2D eigenvalue weighted by molar-refractivity contribution is 5.93. The molecule has 0 aliphatic rings. The number of carbonyl (C=O) groups excluding carboxylic acids is 3. The van der Waals surface area contributed by atoms with Gasteiger partial charge < -0.3 is 18.9 Å². The van der Waals surface area contributed by atoms with E-state index in [0.717, 1.165) is 11.1 Å². The predicted octanol–water partition coefficient (Wildman–Crippen LogP) is 6.08. The van der Waals surface area contributed by atoms with Crippen molar-refractivity contribution >= 4 is 17.9 Å². The molecule has 0 spiro atoms. The van der Waals surface area contributed by atoms with Crippen LogP contribution in [0.15, 0.2) is 78.9 Å². The van der Waals surface area contributed by atoms with Crippen LogP contribution in [0.5, 0.6) is 17.2 Å². The van der Waals surface area contributed by atoms with Crippen LogP contribution < -0.4 is 14.2 Å². The molecule has 39 heavy (non-hydrogen) atoms. The summed E-state index contributed by atoms with van der Waals surface area (Å²) in [6.07, 6.45) is 1.37. The number of carbonyl (C=O) groups is 3. The zero-order valence-electron chi connectivity index (χ0n) is 22.2. The van der Waals surface area contributed by atoms with E-state index < -0.39 is 17.9 Å². The van der Waals surface area contributed by atoms with E-state index in [2.05, 4.69) is 18.4 Å². The van der Waals surface area contributed by atoms with Crippen molar-refractivity contribution in [2.75, 3.05) is 13.2 Å². The summed E-state index contributed by atoms with van der Waals surface area (Å²) in [6.45, 7) is 9.49. The minimum absolute atomic E-state index is 0.296. The summed E-state index contributed by atoms with van der Waals surface area (Å²) in [6, 6.07) is 18.1. The maximum atomic E-state index is 12.6. The van der Waals surface area contributed by atoms with E-state index in [0.29, 0.717) is 60.0 Å². The Morgan fingerprint density at radius 2 is 1.36 bits per heavy atom. The van der Waals surface area contributed by atoms with E-state index in [1.165, 1.54) is 24.3 Å². The maximum Gasteiger partial charge on any atom is 0.343 e. The van der Waals surface area contributed by atoms with Crippen LogP contribution >= 0.6 is 0 Å². The largest absolute Gasteiger partial charge is 0.493 e. The number of hydrogen-bond donors (Lipinski definition) is 0. The Labute approximate surface area is 228 Å². The number of aryl methyl sites for hydroxylation is 1. The molecule has 3 aromatic carbocycles. The average molecular weight is 527 g/mol. The molecule has 0 aliphatic carbocycles. The van der Waals surface area contributed by atoms with Gasteiger partial charge in [0.1, 0.15) is 17.2 Å². The molecule has 3 aromatic rings. The zero-order chi connectivity index (χ0) is 28.2. The third-order valence-corrected chi connectivity index (χ3v) is 5.42. The fraction of sp³-hybridized carbons (Fsp3) is 0.219. The van der Waals surface area contributed by atoms with Gasteiger partial charge in [0.2, 0.25) is 0 Å². The number of ether oxygens (including phenoxy) is 4. The third-order valence-electron chi connectivity index (χ3n) is 5.42. The van der Waals surface area contributed by atoms with E-state index in [1.807, 2.05) is 6.92 Å². The number of hydrogen-bond acceptors (Lipinski definition) is 7. The van der Waals surface area contributed by atoms with Gasteiger partial charge in [-0.15, -0.1) is 5.92 Å². The lowest BCUT2D eigenvalue weighted by molar-refractivity contribution is -0.139. The molecule has 7 nitrogen and oxygen atoms in total. The van der Waals surface area contributed by atoms with Gasteiger partial charge in [-0.2, -0.15) is 0 Å². The van der Waals surface area contributed by atoms with Gasteiger partial charge in [-0.25, -0.2) is 14.4 Å². The van der Waals surface area contributed by atoms with Crippen LogP contribution in [-0.4, -0.2) is 31.1 Å². The molecule has 0 N–H and O–H groups in total. The van der Waals surface area contributed by atoms with E-state index in [4.69, 9.17) is 18.9 Å². The van der Waals surface area contributed by atoms with Gasteiger partial charge in [0, 0.05) is 11.1 Å². The molecule has 3 rings (SSSR count). The monoisotopic (exact) mass is 526 g/mol. The SMILES string of the molecule is C=C(C)C(=O)OCCCCOc1ccc(C(=O)Oc2ccc(C(=O)Oc3ccc(C#CC)cc3)cc2)cc1C. The molecule has 0 unspecified atom stereocenters. The lowest BCUT2D eigenvalue weighted by Gasteiger charge is -2.11. The number of rotatable bonds is 11. The standard InChI is InChI=1S/C32H30O7/c1-5-8-24-9-14-27(15-10-24)38-31(34)25-11-16-28(17-12-25)39-32(35)26-13-18-29(23(4)21-26)36-19-6-7-20-37-30(33)22(2)3/h9-18,21H,2,6-7,19-20H2,1,3-4H3. The van der Waals surface area contributed by atoms with Crippen molar-refractivity contribution < 1.29 is 33.3 Å². The highest BCUT2D eigenvalue weighted by Crippen LogP contribution is 2.22. The summed E-state index contributed by atoms with van der Waals surface area (Å²) in [5.41, 5.74) is 2.67. The normalized spacial score (nSPS) is 10.0. The number of unbranched alkanes of at least 4 members (excludes halogenated alkanes) is 1. The number of esters is 3. The van der Waals surface area contributed by atoms with E-state index in [9.17, 15) is 14.4 Å². The summed E-state index contributed by atoms with van der Waals surface area (Å²) in [5.74, 6) is 5.64. The van der Waals surface area contributed by atoms with Gasteiger partial charge >= 0.3 is 17.9 Å². The summed E-state index contributed by atoms with van der Waals surface area (Å²) in [7, 11) is 0. The van der Waals surface area contributed by atoms with Crippen LogP contribution in [0.2, 0.25) is 0 Å². The van der Waals surface area contributed by atoms with Gasteiger partial charge in [-0.3, -0.25) is 0 Å². The second-order valence-corrected chi connectivity index (χ2v) is 8.65. The summed E-state index contributed by atoms with van der Waals surface area (Å²) < 4.78 is 21.7.